The standard InChI is InChI=1S/C16H13ClN4O3/c17-14-6-5-11(9-18-14)10-24-15(22)7-8-21-16(23)12-3-1-2-4-13(12)19-20-21/h1-6,9H,7-8,10H2. The average molecular weight is 345 g/mol. The van der Waals surface area contributed by atoms with Crippen molar-refractivity contribution in [1.82, 2.24) is 20.0 Å². The molecule has 2 aromatic heterocycles. The highest BCUT2D eigenvalue weighted by atomic mass is 35.5. The Morgan fingerprint density at radius 3 is 2.83 bits per heavy atom. The number of hydrogen-bond acceptors (Lipinski definition) is 6. The van der Waals surface area contributed by atoms with Gasteiger partial charge in [-0.05, 0) is 18.2 Å². The zero-order chi connectivity index (χ0) is 16.9. The number of fused-ring (bicyclic) bond motifs is 1. The molecule has 3 aromatic rings. The van der Waals surface area contributed by atoms with E-state index in [0.29, 0.717) is 16.1 Å². The fourth-order valence-electron chi connectivity index (χ4n) is 2.09. The molecule has 0 saturated heterocycles. The third kappa shape index (κ3) is 3.75. The zero-order valence-corrected chi connectivity index (χ0v) is 13.3. The minimum absolute atomic E-state index is 0.0218. The molecule has 0 saturated carbocycles. The van der Waals surface area contributed by atoms with Crippen molar-refractivity contribution in [2.75, 3.05) is 0 Å². The van der Waals surface area contributed by atoms with Crippen molar-refractivity contribution in [3.63, 3.8) is 0 Å². The Hall–Kier alpha value is -2.80. The van der Waals surface area contributed by atoms with Gasteiger partial charge < -0.3 is 4.74 Å². The van der Waals surface area contributed by atoms with Crippen LogP contribution in [0, 0.1) is 0 Å². The van der Waals surface area contributed by atoms with Gasteiger partial charge in [-0.3, -0.25) is 9.59 Å². The number of esters is 1. The van der Waals surface area contributed by atoms with E-state index in [9.17, 15) is 9.59 Å². The molecule has 0 unspecified atom stereocenters. The van der Waals surface area contributed by atoms with E-state index in [1.807, 2.05) is 0 Å². The summed E-state index contributed by atoms with van der Waals surface area (Å²) in [6, 6.07) is 10.3. The van der Waals surface area contributed by atoms with Gasteiger partial charge in [-0.15, -0.1) is 5.10 Å². The van der Waals surface area contributed by atoms with Crippen molar-refractivity contribution < 1.29 is 9.53 Å². The molecule has 2 heterocycles. The van der Waals surface area contributed by atoms with Gasteiger partial charge in [0, 0.05) is 11.8 Å². The number of pyridine rings is 1. The van der Waals surface area contributed by atoms with Gasteiger partial charge in [0.25, 0.3) is 5.56 Å². The first-order valence-electron chi connectivity index (χ1n) is 7.22. The molecule has 1 aromatic carbocycles. The minimum Gasteiger partial charge on any atom is -0.461 e. The summed E-state index contributed by atoms with van der Waals surface area (Å²) in [5.74, 6) is -0.438. The van der Waals surface area contributed by atoms with E-state index in [-0.39, 0.29) is 25.1 Å². The summed E-state index contributed by atoms with van der Waals surface area (Å²) in [6.45, 7) is 0.204. The van der Waals surface area contributed by atoms with E-state index in [1.165, 1.54) is 6.20 Å². The van der Waals surface area contributed by atoms with E-state index >= 15 is 0 Å². The van der Waals surface area contributed by atoms with Gasteiger partial charge in [0.05, 0.1) is 18.4 Å². The largest absolute Gasteiger partial charge is 0.461 e. The number of hydrogen-bond donors (Lipinski definition) is 0. The molecule has 122 valence electrons. The Morgan fingerprint density at radius 1 is 1.21 bits per heavy atom. The quantitative estimate of drug-likeness (QED) is 0.519. The van der Waals surface area contributed by atoms with Crippen LogP contribution in [0.1, 0.15) is 12.0 Å². The molecule has 0 spiro atoms. The molecule has 0 bridgehead atoms. The summed E-state index contributed by atoms with van der Waals surface area (Å²) in [6.07, 6.45) is 1.56. The number of benzene rings is 1. The van der Waals surface area contributed by atoms with Crippen molar-refractivity contribution in [1.29, 1.82) is 0 Å². The van der Waals surface area contributed by atoms with E-state index in [4.69, 9.17) is 16.3 Å². The van der Waals surface area contributed by atoms with E-state index < -0.39 is 5.97 Å². The molecular weight excluding hydrogens is 332 g/mol. The molecule has 0 fully saturated rings. The van der Waals surface area contributed by atoms with Gasteiger partial charge in [0.15, 0.2) is 0 Å². The van der Waals surface area contributed by atoms with Crippen molar-refractivity contribution in [3.8, 4) is 0 Å². The van der Waals surface area contributed by atoms with Crippen molar-refractivity contribution in [2.45, 2.75) is 19.6 Å². The van der Waals surface area contributed by atoms with Crippen LogP contribution in [0.3, 0.4) is 0 Å². The number of ether oxygens (including phenoxy) is 1. The van der Waals surface area contributed by atoms with Crippen LogP contribution in [-0.4, -0.2) is 25.9 Å². The molecule has 0 aliphatic heterocycles. The molecule has 0 radical (unpaired) electrons. The molecule has 8 heteroatoms. The SMILES string of the molecule is O=C(CCn1nnc2ccccc2c1=O)OCc1ccc(Cl)nc1. The van der Waals surface area contributed by atoms with Crippen LogP contribution >= 0.6 is 11.6 Å². The highest BCUT2D eigenvalue weighted by Crippen LogP contribution is 2.07. The Balaban J connectivity index is 1.59. The van der Waals surface area contributed by atoms with Crippen LogP contribution in [-0.2, 0) is 22.7 Å². The lowest BCUT2D eigenvalue weighted by Crippen LogP contribution is -2.25. The molecule has 0 atom stereocenters. The van der Waals surface area contributed by atoms with Crippen LogP contribution in [0.5, 0.6) is 0 Å². The van der Waals surface area contributed by atoms with Crippen LogP contribution < -0.4 is 5.56 Å². The van der Waals surface area contributed by atoms with Crippen molar-refractivity contribution in [3.05, 3.63) is 63.7 Å². The number of aromatic nitrogens is 4. The second kappa shape index (κ2) is 7.18. The normalized spacial score (nSPS) is 10.7. The Bertz CT molecular complexity index is 925. The smallest absolute Gasteiger partial charge is 0.308 e. The lowest BCUT2D eigenvalue weighted by Gasteiger charge is -2.06. The first kappa shape index (κ1) is 16.1. The van der Waals surface area contributed by atoms with Gasteiger partial charge in [-0.25, -0.2) is 9.67 Å². The summed E-state index contributed by atoms with van der Waals surface area (Å²) < 4.78 is 6.29. The summed E-state index contributed by atoms with van der Waals surface area (Å²) in [5, 5.41) is 8.63. The van der Waals surface area contributed by atoms with Crippen LogP contribution in [0.4, 0.5) is 0 Å². The summed E-state index contributed by atoms with van der Waals surface area (Å²) in [7, 11) is 0. The highest BCUT2D eigenvalue weighted by Gasteiger charge is 2.09. The lowest BCUT2D eigenvalue weighted by atomic mass is 10.2. The molecule has 7 nitrogen and oxygen atoms in total. The van der Waals surface area contributed by atoms with Gasteiger partial charge in [0.2, 0.25) is 0 Å². The van der Waals surface area contributed by atoms with Crippen molar-refractivity contribution >= 4 is 28.5 Å². The maximum absolute atomic E-state index is 12.2. The molecule has 0 amide bonds. The van der Waals surface area contributed by atoms with Crippen LogP contribution in [0.25, 0.3) is 10.9 Å². The van der Waals surface area contributed by atoms with Crippen LogP contribution in [0.2, 0.25) is 5.15 Å². The Morgan fingerprint density at radius 2 is 2.04 bits per heavy atom. The average Bonchev–Trinajstić information content (AvgIpc) is 2.61. The number of aryl methyl sites for hydroxylation is 1. The number of carbonyl (C=O) groups excluding carboxylic acids is 1. The molecule has 0 aliphatic carbocycles. The fourth-order valence-corrected chi connectivity index (χ4v) is 2.21. The third-order valence-electron chi connectivity index (χ3n) is 3.35. The lowest BCUT2D eigenvalue weighted by molar-refractivity contribution is -0.145. The second-order valence-electron chi connectivity index (χ2n) is 5.03. The van der Waals surface area contributed by atoms with Gasteiger partial charge in [-0.2, -0.15) is 0 Å². The maximum atomic E-state index is 12.2. The van der Waals surface area contributed by atoms with Gasteiger partial charge in [0.1, 0.15) is 17.3 Å². The first-order chi connectivity index (χ1) is 11.6. The topological polar surface area (TPSA) is 87.0 Å². The minimum atomic E-state index is -0.438. The molecule has 0 aliphatic rings. The van der Waals surface area contributed by atoms with E-state index in [1.54, 1.807) is 36.4 Å². The number of halogens is 1. The third-order valence-corrected chi connectivity index (χ3v) is 3.57. The Kier molecular flexibility index (Phi) is 4.81. The molecule has 0 N–H and O–H groups in total. The highest BCUT2D eigenvalue weighted by molar-refractivity contribution is 6.29. The fraction of sp³-hybridized carbons (Fsp3) is 0.188. The maximum Gasteiger partial charge on any atom is 0.308 e. The van der Waals surface area contributed by atoms with Crippen molar-refractivity contribution in [2.24, 2.45) is 0 Å². The summed E-state index contributed by atoms with van der Waals surface area (Å²) in [5.41, 5.74) is 0.974. The molecular formula is C16H13ClN4O3. The van der Waals surface area contributed by atoms with Crippen LogP contribution in [0.15, 0.2) is 47.4 Å². The molecule has 24 heavy (non-hydrogen) atoms. The second-order valence-corrected chi connectivity index (χ2v) is 5.42. The number of nitrogens with zero attached hydrogens (tertiary/aromatic N) is 4. The predicted octanol–water partition coefficient (Wildman–Crippen LogP) is 1.97. The zero-order valence-electron chi connectivity index (χ0n) is 12.6. The number of carbonyl (C=O) groups is 1. The monoisotopic (exact) mass is 344 g/mol. The number of rotatable bonds is 5. The van der Waals surface area contributed by atoms with Gasteiger partial charge in [-0.1, -0.05) is 35.0 Å². The summed E-state index contributed by atoms with van der Waals surface area (Å²) >= 11 is 5.68. The molecule has 3 rings (SSSR count). The van der Waals surface area contributed by atoms with E-state index in [0.717, 1.165) is 10.2 Å². The first-order valence-corrected chi connectivity index (χ1v) is 7.60. The Labute approximate surface area is 141 Å². The predicted molar refractivity (Wildman–Crippen MR) is 87.5 cm³/mol. The van der Waals surface area contributed by atoms with E-state index in [2.05, 4.69) is 15.3 Å². The van der Waals surface area contributed by atoms with Gasteiger partial charge >= 0.3 is 5.97 Å². The summed E-state index contributed by atoms with van der Waals surface area (Å²) in [4.78, 5) is 27.9.